The first-order valence-corrected chi connectivity index (χ1v) is 8.59. The van der Waals surface area contributed by atoms with Gasteiger partial charge in [0.1, 0.15) is 0 Å². The monoisotopic (exact) mass is 408 g/mol. The summed E-state index contributed by atoms with van der Waals surface area (Å²) in [6.45, 7) is 2.22. The van der Waals surface area contributed by atoms with Crippen molar-refractivity contribution >= 4 is 15.0 Å². The first-order chi connectivity index (χ1) is 8.77. The van der Waals surface area contributed by atoms with Gasteiger partial charge in [0.2, 0.25) is 0 Å². The van der Waals surface area contributed by atoms with Gasteiger partial charge in [-0.1, -0.05) is 58.3 Å². The molecular weight excluding hydrogens is 381 g/mol. The summed E-state index contributed by atoms with van der Waals surface area (Å²) in [7, 11) is -4.86. The molecule has 6 nitrogen and oxygen atoms in total. The van der Waals surface area contributed by atoms with E-state index in [4.69, 9.17) is 19.2 Å². The predicted octanol–water partition coefficient (Wildman–Crippen LogP) is -0.586. The molecule has 20 heavy (non-hydrogen) atoms. The molecule has 8 heteroatoms. The van der Waals surface area contributed by atoms with E-state index in [1.165, 1.54) is 44.9 Å². The maximum absolute atomic E-state index is 10.1. The number of hydrogen-bond acceptors (Lipinski definition) is 6. The van der Waals surface area contributed by atoms with Crippen molar-refractivity contribution in [2.24, 2.45) is 0 Å². The van der Waals surface area contributed by atoms with Crippen molar-refractivity contribution in [1.82, 2.24) is 0 Å². The number of carbonyl (C=O) groups is 1. The van der Waals surface area contributed by atoms with E-state index in [-0.39, 0.29) is 33.7 Å². The first kappa shape index (κ1) is 25.4. The Morgan fingerprint density at radius 2 is 1.20 bits per heavy atom. The molecule has 0 aliphatic heterocycles. The zero-order valence-electron chi connectivity index (χ0n) is 12.3. The Labute approximate surface area is 142 Å². The van der Waals surface area contributed by atoms with E-state index < -0.39 is 15.0 Å². The average molecular weight is 407 g/mol. The molecule has 0 bridgehead atoms. The molecule has 0 aromatic heterocycles. The van der Waals surface area contributed by atoms with Gasteiger partial charge in [-0.05, 0) is 12.8 Å². The molecule has 0 unspecified atom stereocenters. The molecule has 0 saturated carbocycles. The molecular formula is C12H26CdO6Si. The number of aliphatic carboxylic acids is 1. The maximum Gasteiger partial charge on any atom is 2.00 e. The van der Waals surface area contributed by atoms with Gasteiger partial charge in [0, 0.05) is 5.97 Å². The minimum absolute atomic E-state index is 0. The molecule has 0 rings (SSSR count). The van der Waals surface area contributed by atoms with E-state index in [1.807, 2.05) is 0 Å². The number of hydrogen-bond donors (Lipinski definition) is 3. The van der Waals surface area contributed by atoms with E-state index >= 15 is 0 Å². The van der Waals surface area contributed by atoms with Gasteiger partial charge < -0.3 is 29.1 Å². The SMILES string of the molecule is CCCCCCCCCCCC(=O)[O-].[Cd+2].[O-][Si](O)(O)O. The van der Waals surface area contributed by atoms with Crippen LogP contribution in [-0.2, 0) is 32.1 Å². The predicted molar refractivity (Wildman–Crippen MR) is 69.3 cm³/mol. The van der Waals surface area contributed by atoms with Crippen LogP contribution in [0, 0.1) is 0 Å². The van der Waals surface area contributed by atoms with Crippen molar-refractivity contribution in [2.45, 2.75) is 71.1 Å². The Kier molecular flexibility index (Phi) is 22.2. The Balaban J connectivity index is -0.000000414. The third kappa shape index (κ3) is 42.9. The van der Waals surface area contributed by atoms with Crippen LogP contribution in [0.1, 0.15) is 71.1 Å². The number of rotatable bonds is 10. The van der Waals surface area contributed by atoms with Crippen LogP contribution in [0.4, 0.5) is 0 Å². The van der Waals surface area contributed by atoms with E-state index in [0.717, 1.165) is 12.8 Å². The molecule has 0 heterocycles. The second-order valence-electron chi connectivity index (χ2n) is 4.52. The van der Waals surface area contributed by atoms with Crippen LogP contribution in [0.15, 0.2) is 0 Å². The van der Waals surface area contributed by atoms with Gasteiger partial charge >= 0.3 is 36.3 Å². The van der Waals surface area contributed by atoms with Gasteiger partial charge in [-0.15, -0.1) is 0 Å². The fraction of sp³-hybridized carbons (Fsp3) is 0.917. The summed E-state index contributed by atoms with van der Waals surface area (Å²) in [5.74, 6) is -0.909. The van der Waals surface area contributed by atoms with Crippen molar-refractivity contribution in [2.75, 3.05) is 0 Å². The fourth-order valence-electron chi connectivity index (χ4n) is 1.58. The van der Waals surface area contributed by atoms with Gasteiger partial charge in [-0.25, -0.2) is 0 Å². The summed E-state index contributed by atoms with van der Waals surface area (Å²) in [4.78, 5) is 40.7. The van der Waals surface area contributed by atoms with Gasteiger partial charge in [0.05, 0.1) is 0 Å². The van der Waals surface area contributed by atoms with Crippen LogP contribution in [0.25, 0.3) is 0 Å². The van der Waals surface area contributed by atoms with Crippen LogP contribution in [0.5, 0.6) is 0 Å². The zero-order chi connectivity index (χ0) is 15.1. The van der Waals surface area contributed by atoms with Crippen molar-refractivity contribution in [3.8, 4) is 0 Å². The third-order valence-electron chi connectivity index (χ3n) is 2.48. The van der Waals surface area contributed by atoms with Gasteiger partial charge in [-0.2, -0.15) is 0 Å². The summed E-state index contributed by atoms with van der Waals surface area (Å²) in [6, 6.07) is 0. The molecule has 0 aromatic rings. The Morgan fingerprint density at radius 1 is 0.900 bits per heavy atom. The molecule has 0 amide bonds. The summed E-state index contributed by atoms with van der Waals surface area (Å²) >= 11 is 0. The molecule has 0 aliphatic rings. The molecule has 0 radical (unpaired) electrons. The van der Waals surface area contributed by atoms with Crippen LogP contribution in [0.3, 0.4) is 0 Å². The normalized spacial score (nSPS) is 10.2. The van der Waals surface area contributed by atoms with Crippen LogP contribution >= 0.6 is 0 Å². The minimum Gasteiger partial charge on any atom is -0.794 e. The molecule has 0 fully saturated rings. The average Bonchev–Trinajstić information content (AvgIpc) is 2.24. The number of carboxylic acid groups (broad SMARTS) is 1. The molecule has 0 atom stereocenters. The van der Waals surface area contributed by atoms with Gasteiger partial charge in [-0.3, -0.25) is 0 Å². The quantitative estimate of drug-likeness (QED) is 0.329. The van der Waals surface area contributed by atoms with Crippen LogP contribution in [-0.4, -0.2) is 29.4 Å². The second kappa shape index (κ2) is 17.5. The van der Waals surface area contributed by atoms with Crippen molar-refractivity contribution in [1.29, 1.82) is 0 Å². The smallest absolute Gasteiger partial charge is 0.794 e. The second-order valence-corrected chi connectivity index (χ2v) is 5.67. The summed E-state index contributed by atoms with van der Waals surface area (Å²) in [5, 5.41) is 10.1. The van der Waals surface area contributed by atoms with E-state index in [1.54, 1.807) is 0 Å². The number of carbonyl (C=O) groups excluding carboxylic acids is 1. The minimum atomic E-state index is -4.86. The van der Waals surface area contributed by atoms with Crippen molar-refractivity contribution < 1.29 is 56.4 Å². The topological polar surface area (TPSA) is 124 Å². The third-order valence-corrected chi connectivity index (χ3v) is 2.48. The van der Waals surface area contributed by atoms with Gasteiger partial charge in [0.25, 0.3) is 0 Å². The standard InChI is InChI=1S/C12H24O2.Cd.H3O4Si/c1-2-3-4-5-6-7-8-9-10-11-12(13)14;;1-5(2,3)4/h2-11H2,1H3,(H,13,14);;1-3H/q;+2;-1/p-1. The Bertz CT molecular complexity index is 205. The molecule has 116 valence electrons. The largest absolute Gasteiger partial charge is 2.00 e. The Morgan fingerprint density at radius 3 is 1.50 bits per heavy atom. The summed E-state index contributed by atoms with van der Waals surface area (Å²) in [5.41, 5.74) is 0. The van der Waals surface area contributed by atoms with E-state index in [0.29, 0.717) is 0 Å². The zero-order valence-corrected chi connectivity index (χ0v) is 17.4. The number of unbranched alkanes of at least 4 members (excludes halogenated alkanes) is 8. The summed E-state index contributed by atoms with van der Waals surface area (Å²) < 4.78 is 0. The van der Waals surface area contributed by atoms with E-state index in [2.05, 4.69) is 6.92 Å². The van der Waals surface area contributed by atoms with E-state index in [9.17, 15) is 9.90 Å². The van der Waals surface area contributed by atoms with Crippen molar-refractivity contribution in [3.05, 3.63) is 0 Å². The van der Waals surface area contributed by atoms with Crippen LogP contribution in [0.2, 0.25) is 0 Å². The molecule has 3 N–H and O–H groups in total. The van der Waals surface area contributed by atoms with Gasteiger partial charge in [0.15, 0.2) is 0 Å². The maximum atomic E-state index is 10.1. The molecule has 0 aliphatic carbocycles. The molecule has 0 spiro atoms. The summed E-state index contributed by atoms with van der Waals surface area (Å²) in [6.07, 6.45) is 11.2. The molecule has 0 aromatic carbocycles. The fourth-order valence-corrected chi connectivity index (χ4v) is 1.58. The number of carboxylic acids is 1. The molecule has 0 saturated heterocycles. The Hall–Kier alpha value is 0.449. The van der Waals surface area contributed by atoms with Crippen LogP contribution < -0.4 is 9.90 Å². The van der Waals surface area contributed by atoms with Crippen molar-refractivity contribution in [3.63, 3.8) is 0 Å². The first-order valence-electron chi connectivity index (χ1n) is 6.84.